The van der Waals surface area contributed by atoms with E-state index < -0.39 is 6.10 Å². The van der Waals surface area contributed by atoms with Crippen LogP contribution in [-0.2, 0) is 4.74 Å². The van der Waals surface area contributed by atoms with Crippen LogP contribution in [-0.4, -0.2) is 30.9 Å². The van der Waals surface area contributed by atoms with Crippen molar-refractivity contribution in [3.63, 3.8) is 0 Å². The van der Waals surface area contributed by atoms with Gasteiger partial charge in [0.25, 0.3) is 0 Å². The Labute approximate surface area is 113 Å². The number of fused-ring (bicyclic) bond motifs is 1. The molecule has 2 aromatic carbocycles. The number of aliphatic hydroxyl groups is 1. The number of benzene rings is 2. The van der Waals surface area contributed by atoms with Crippen molar-refractivity contribution >= 4 is 10.8 Å². The highest BCUT2D eigenvalue weighted by atomic mass is 16.5. The minimum atomic E-state index is -0.441. The largest absolute Gasteiger partial charge is 0.388 e. The lowest BCUT2D eigenvalue weighted by Crippen LogP contribution is -2.42. The fraction of sp³-hybridized carbons (Fsp3) is 0.375. The van der Waals surface area contributed by atoms with Gasteiger partial charge in [-0.3, -0.25) is 0 Å². The molecule has 0 saturated carbocycles. The number of aliphatic hydroxyl groups excluding tert-OH is 1. The Morgan fingerprint density at radius 2 is 2.05 bits per heavy atom. The van der Waals surface area contributed by atoms with Gasteiger partial charge in [-0.1, -0.05) is 36.4 Å². The highest BCUT2D eigenvalue weighted by Gasteiger charge is 2.18. The minimum Gasteiger partial charge on any atom is -0.388 e. The number of rotatable bonds is 3. The lowest BCUT2D eigenvalue weighted by molar-refractivity contribution is 0.0519. The zero-order valence-electron chi connectivity index (χ0n) is 10.9. The molecule has 1 aliphatic heterocycles. The Morgan fingerprint density at radius 3 is 2.84 bits per heavy atom. The molecule has 0 bridgehead atoms. The Hall–Kier alpha value is -1.42. The van der Waals surface area contributed by atoms with E-state index in [-0.39, 0.29) is 6.04 Å². The molecule has 19 heavy (non-hydrogen) atoms. The van der Waals surface area contributed by atoms with Gasteiger partial charge in [0, 0.05) is 12.6 Å². The molecular formula is C16H19NO2. The van der Waals surface area contributed by atoms with Crippen molar-refractivity contribution in [2.75, 3.05) is 19.8 Å². The van der Waals surface area contributed by atoms with Crippen molar-refractivity contribution in [3.8, 4) is 0 Å². The molecule has 100 valence electrons. The molecule has 3 heteroatoms. The van der Waals surface area contributed by atoms with Crippen molar-refractivity contribution < 1.29 is 9.84 Å². The van der Waals surface area contributed by atoms with Gasteiger partial charge in [0.15, 0.2) is 0 Å². The van der Waals surface area contributed by atoms with Crippen LogP contribution in [0.15, 0.2) is 42.5 Å². The Kier molecular flexibility index (Phi) is 3.78. The minimum absolute atomic E-state index is 0.246. The Morgan fingerprint density at radius 1 is 1.21 bits per heavy atom. The third-order valence-electron chi connectivity index (χ3n) is 3.66. The second kappa shape index (κ2) is 5.70. The summed E-state index contributed by atoms with van der Waals surface area (Å²) in [6.07, 6.45) is 0.252. The molecule has 0 radical (unpaired) electrons. The fourth-order valence-electron chi connectivity index (χ4n) is 2.59. The number of hydrogen-bond donors (Lipinski definition) is 2. The average molecular weight is 257 g/mol. The first-order valence-corrected chi connectivity index (χ1v) is 6.81. The van der Waals surface area contributed by atoms with Crippen LogP contribution in [0.3, 0.4) is 0 Å². The van der Waals surface area contributed by atoms with E-state index in [0.29, 0.717) is 13.0 Å². The zero-order valence-corrected chi connectivity index (χ0v) is 10.9. The third-order valence-corrected chi connectivity index (χ3v) is 3.66. The maximum Gasteiger partial charge on any atom is 0.0806 e. The van der Waals surface area contributed by atoms with Gasteiger partial charge in [-0.25, -0.2) is 0 Å². The van der Waals surface area contributed by atoms with E-state index in [0.717, 1.165) is 18.7 Å². The molecule has 1 aliphatic rings. The molecular weight excluding hydrogens is 238 g/mol. The van der Waals surface area contributed by atoms with Crippen LogP contribution in [0.2, 0.25) is 0 Å². The van der Waals surface area contributed by atoms with Crippen LogP contribution in [0.4, 0.5) is 0 Å². The summed E-state index contributed by atoms with van der Waals surface area (Å²) in [5, 5.41) is 16.1. The highest BCUT2D eigenvalue weighted by molar-refractivity contribution is 5.83. The van der Waals surface area contributed by atoms with Crippen LogP contribution in [0.25, 0.3) is 10.8 Å². The molecule has 0 amide bonds. The van der Waals surface area contributed by atoms with Gasteiger partial charge in [-0.15, -0.1) is 0 Å². The van der Waals surface area contributed by atoms with Gasteiger partial charge in [-0.2, -0.15) is 0 Å². The molecule has 3 nitrogen and oxygen atoms in total. The summed E-state index contributed by atoms with van der Waals surface area (Å²) in [7, 11) is 0. The smallest absolute Gasteiger partial charge is 0.0806 e. The molecule has 1 fully saturated rings. The van der Waals surface area contributed by atoms with Crippen molar-refractivity contribution in [3.05, 3.63) is 48.0 Å². The van der Waals surface area contributed by atoms with Crippen LogP contribution >= 0.6 is 0 Å². The van der Waals surface area contributed by atoms with E-state index >= 15 is 0 Å². The number of nitrogens with one attached hydrogen (secondary N) is 1. The summed E-state index contributed by atoms with van der Waals surface area (Å²) in [5.41, 5.74) is 0.978. The van der Waals surface area contributed by atoms with Crippen LogP contribution in [0.1, 0.15) is 18.1 Å². The van der Waals surface area contributed by atoms with Gasteiger partial charge >= 0.3 is 0 Å². The van der Waals surface area contributed by atoms with Gasteiger partial charge in [-0.05, 0) is 28.8 Å². The molecule has 2 N–H and O–H groups in total. The van der Waals surface area contributed by atoms with E-state index in [9.17, 15) is 5.11 Å². The predicted octanol–water partition coefficient (Wildman–Crippen LogP) is 2.25. The van der Waals surface area contributed by atoms with E-state index in [1.54, 1.807) is 0 Å². The first-order valence-electron chi connectivity index (χ1n) is 6.81. The molecule has 1 heterocycles. The maximum atomic E-state index is 10.3. The number of hydrogen-bond acceptors (Lipinski definition) is 3. The molecule has 0 spiro atoms. The maximum absolute atomic E-state index is 10.3. The van der Waals surface area contributed by atoms with E-state index in [1.165, 1.54) is 10.8 Å². The van der Waals surface area contributed by atoms with Crippen molar-refractivity contribution in [2.45, 2.75) is 18.6 Å². The zero-order chi connectivity index (χ0) is 13.1. The lowest BCUT2D eigenvalue weighted by Gasteiger charge is -2.26. The standard InChI is InChI=1S/C16H19NO2/c18-16(10-15-11-19-8-7-17-15)14-6-5-12-3-1-2-4-13(12)9-14/h1-6,9,15-18H,7-8,10-11H2. The molecule has 0 aromatic heterocycles. The van der Waals surface area contributed by atoms with Crippen molar-refractivity contribution in [1.82, 2.24) is 5.32 Å². The van der Waals surface area contributed by atoms with Crippen LogP contribution in [0.5, 0.6) is 0 Å². The first-order chi connectivity index (χ1) is 9.33. The highest BCUT2D eigenvalue weighted by Crippen LogP contribution is 2.23. The third kappa shape index (κ3) is 2.95. The Balaban J connectivity index is 1.75. The fourth-order valence-corrected chi connectivity index (χ4v) is 2.59. The molecule has 0 aliphatic carbocycles. The molecule has 3 rings (SSSR count). The Bertz CT molecular complexity index is 549. The quantitative estimate of drug-likeness (QED) is 0.886. The SMILES string of the molecule is OC(CC1COCCN1)c1ccc2ccccc2c1. The topological polar surface area (TPSA) is 41.5 Å². The second-order valence-electron chi connectivity index (χ2n) is 5.08. The normalized spacial score (nSPS) is 21.4. The summed E-state index contributed by atoms with van der Waals surface area (Å²) in [6.45, 7) is 2.32. The molecule has 2 aromatic rings. The average Bonchev–Trinajstić information content (AvgIpc) is 2.48. The van der Waals surface area contributed by atoms with Crippen molar-refractivity contribution in [1.29, 1.82) is 0 Å². The summed E-state index contributed by atoms with van der Waals surface area (Å²) in [5.74, 6) is 0. The molecule has 2 unspecified atom stereocenters. The predicted molar refractivity (Wildman–Crippen MR) is 76.1 cm³/mol. The number of ether oxygens (including phenoxy) is 1. The molecule has 2 atom stereocenters. The summed E-state index contributed by atoms with van der Waals surface area (Å²) in [4.78, 5) is 0. The van der Waals surface area contributed by atoms with Gasteiger partial charge < -0.3 is 15.2 Å². The van der Waals surface area contributed by atoms with Crippen LogP contribution in [0, 0.1) is 0 Å². The second-order valence-corrected chi connectivity index (χ2v) is 5.08. The van der Waals surface area contributed by atoms with E-state index in [1.807, 2.05) is 18.2 Å². The summed E-state index contributed by atoms with van der Waals surface area (Å²) >= 11 is 0. The number of morpholine rings is 1. The first kappa shape index (κ1) is 12.6. The van der Waals surface area contributed by atoms with E-state index in [2.05, 4.69) is 29.6 Å². The van der Waals surface area contributed by atoms with Gasteiger partial charge in [0.1, 0.15) is 0 Å². The van der Waals surface area contributed by atoms with Crippen molar-refractivity contribution in [2.24, 2.45) is 0 Å². The van der Waals surface area contributed by atoms with Gasteiger partial charge in [0.05, 0.1) is 19.3 Å². The van der Waals surface area contributed by atoms with Crippen LogP contribution < -0.4 is 5.32 Å². The van der Waals surface area contributed by atoms with E-state index in [4.69, 9.17) is 4.74 Å². The monoisotopic (exact) mass is 257 g/mol. The molecule has 1 saturated heterocycles. The summed E-state index contributed by atoms with van der Waals surface area (Å²) in [6, 6.07) is 14.6. The van der Waals surface area contributed by atoms with Gasteiger partial charge in [0.2, 0.25) is 0 Å². The lowest BCUT2D eigenvalue weighted by atomic mass is 9.99. The summed E-state index contributed by atoms with van der Waals surface area (Å²) < 4.78 is 5.42.